The average Bonchev–Trinajstić information content (AvgIpc) is 3.13. The molecule has 0 unspecified atom stereocenters. The van der Waals surface area contributed by atoms with Crippen LogP contribution < -0.4 is 0 Å². The average molecular weight is 288 g/mol. The van der Waals surface area contributed by atoms with Crippen LogP contribution in [0.25, 0.3) is 0 Å². The van der Waals surface area contributed by atoms with Gasteiger partial charge in [0.15, 0.2) is 0 Å². The van der Waals surface area contributed by atoms with E-state index in [1.54, 1.807) is 0 Å². The fourth-order valence-electron chi connectivity index (χ4n) is 2.76. The summed E-state index contributed by atoms with van der Waals surface area (Å²) in [6.07, 6.45) is 1.14. The van der Waals surface area contributed by atoms with E-state index < -0.39 is 0 Å². The van der Waals surface area contributed by atoms with Crippen LogP contribution in [0.15, 0.2) is 30.3 Å². The molecule has 3 nitrogen and oxygen atoms in total. The number of hydrogen-bond acceptors (Lipinski definition) is 3. The summed E-state index contributed by atoms with van der Waals surface area (Å²) in [7, 11) is -0.0691. The molecular formula is C17H25BO3. The molecule has 2 fully saturated rings. The first-order chi connectivity index (χ1) is 9.89. The van der Waals surface area contributed by atoms with Crippen LogP contribution in [0.3, 0.4) is 0 Å². The molecule has 1 heterocycles. The van der Waals surface area contributed by atoms with Crippen LogP contribution in [0.4, 0.5) is 0 Å². The molecule has 1 saturated heterocycles. The number of hydrogen-bond donors (Lipinski definition) is 0. The van der Waals surface area contributed by atoms with Crippen molar-refractivity contribution in [1.82, 2.24) is 0 Å². The molecule has 0 N–H and O–H groups in total. The molecule has 2 aliphatic rings. The van der Waals surface area contributed by atoms with E-state index in [0.29, 0.717) is 18.3 Å². The Morgan fingerprint density at radius 3 is 2.33 bits per heavy atom. The van der Waals surface area contributed by atoms with Gasteiger partial charge < -0.3 is 14.0 Å². The van der Waals surface area contributed by atoms with Gasteiger partial charge in [-0.3, -0.25) is 0 Å². The van der Waals surface area contributed by atoms with Crippen molar-refractivity contribution in [2.24, 2.45) is 5.92 Å². The molecular weight excluding hydrogens is 263 g/mol. The highest BCUT2D eigenvalue weighted by molar-refractivity contribution is 6.48. The molecule has 1 saturated carbocycles. The summed E-state index contributed by atoms with van der Waals surface area (Å²) in [6.45, 7) is 9.91. The predicted octanol–water partition coefficient (Wildman–Crippen LogP) is 3.69. The molecule has 0 spiro atoms. The van der Waals surface area contributed by atoms with Gasteiger partial charge in [0, 0.05) is 6.61 Å². The van der Waals surface area contributed by atoms with E-state index in [0.717, 1.165) is 13.0 Å². The van der Waals surface area contributed by atoms with E-state index in [2.05, 4.69) is 39.8 Å². The monoisotopic (exact) mass is 288 g/mol. The number of ether oxygens (including phenoxy) is 1. The Morgan fingerprint density at radius 1 is 1.10 bits per heavy atom. The van der Waals surface area contributed by atoms with Crippen molar-refractivity contribution in [1.29, 1.82) is 0 Å². The molecule has 3 rings (SSSR count). The lowest BCUT2D eigenvalue weighted by atomic mass is 9.81. The van der Waals surface area contributed by atoms with Crippen molar-refractivity contribution in [3.63, 3.8) is 0 Å². The summed E-state index contributed by atoms with van der Waals surface area (Å²) in [6, 6.07) is 10.3. The van der Waals surface area contributed by atoms with Crippen molar-refractivity contribution in [3.8, 4) is 0 Å². The van der Waals surface area contributed by atoms with Gasteiger partial charge in [-0.15, -0.1) is 0 Å². The second-order valence-electron chi connectivity index (χ2n) is 7.29. The molecule has 1 aliphatic carbocycles. The summed E-state index contributed by atoms with van der Waals surface area (Å²) < 4.78 is 18.0. The minimum atomic E-state index is -0.226. The Kier molecular flexibility index (Phi) is 3.89. The van der Waals surface area contributed by atoms with Crippen molar-refractivity contribution < 1.29 is 14.0 Å². The molecule has 0 aromatic heterocycles. The van der Waals surface area contributed by atoms with Crippen LogP contribution in [0.5, 0.6) is 0 Å². The first-order valence-electron chi connectivity index (χ1n) is 7.86. The van der Waals surface area contributed by atoms with Gasteiger partial charge in [-0.25, -0.2) is 0 Å². The summed E-state index contributed by atoms with van der Waals surface area (Å²) in [5.74, 6) is 1.06. The van der Waals surface area contributed by atoms with Crippen molar-refractivity contribution in [2.75, 3.05) is 6.61 Å². The Morgan fingerprint density at radius 2 is 1.71 bits per heavy atom. The fourth-order valence-corrected chi connectivity index (χ4v) is 2.76. The molecule has 0 radical (unpaired) electrons. The third kappa shape index (κ3) is 3.18. The topological polar surface area (TPSA) is 27.7 Å². The minimum Gasteiger partial charge on any atom is -0.403 e. The lowest BCUT2D eigenvalue weighted by Crippen LogP contribution is -2.41. The van der Waals surface area contributed by atoms with Crippen LogP contribution in [0.2, 0.25) is 5.82 Å². The SMILES string of the molecule is CC1(C)OB([C@H]2C[C@@H]2COCc2ccccc2)OC1(C)C. The zero-order chi connectivity index (χ0) is 15.1. The van der Waals surface area contributed by atoms with Crippen LogP contribution >= 0.6 is 0 Å². The second kappa shape index (κ2) is 5.42. The Balaban J connectivity index is 1.43. The van der Waals surface area contributed by atoms with E-state index in [9.17, 15) is 0 Å². The van der Waals surface area contributed by atoms with Gasteiger partial charge in [0.1, 0.15) is 0 Å². The van der Waals surface area contributed by atoms with Gasteiger partial charge in [-0.2, -0.15) is 0 Å². The van der Waals surface area contributed by atoms with Gasteiger partial charge >= 0.3 is 7.12 Å². The quantitative estimate of drug-likeness (QED) is 0.773. The normalized spacial score (nSPS) is 29.6. The highest BCUT2D eigenvalue weighted by atomic mass is 16.7. The Bertz CT molecular complexity index is 470. The molecule has 114 valence electrons. The van der Waals surface area contributed by atoms with E-state index >= 15 is 0 Å². The lowest BCUT2D eigenvalue weighted by molar-refractivity contribution is 0.00578. The zero-order valence-electron chi connectivity index (χ0n) is 13.5. The van der Waals surface area contributed by atoms with Gasteiger partial charge in [0.25, 0.3) is 0 Å². The minimum absolute atomic E-state index is 0.0691. The smallest absolute Gasteiger partial charge is 0.403 e. The van der Waals surface area contributed by atoms with Crippen LogP contribution in [0, 0.1) is 5.92 Å². The van der Waals surface area contributed by atoms with Crippen LogP contribution in [0.1, 0.15) is 39.7 Å². The zero-order valence-corrected chi connectivity index (χ0v) is 13.5. The highest BCUT2D eigenvalue weighted by Gasteiger charge is 2.59. The van der Waals surface area contributed by atoms with Crippen molar-refractivity contribution >= 4 is 7.12 Å². The molecule has 1 aromatic carbocycles. The fraction of sp³-hybridized carbons (Fsp3) is 0.647. The third-order valence-corrected chi connectivity index (χ3v) is 5.04. The van der Waals surface area contributed by atoms with Crippen LogP contribution in [-0.4, -0.2) is 24.9 Å². The van der Waals surface area contributed by atoms with E-state index in [4.69, 9.17) is 14.0 Å². The molecule has 2 atom stereocenters. The standard InChI is InChI=1S/C17H25BO3/c1-16(2)17(3,4)21-18(20-16)15-10-14(15)12-19-11-13-8-6-5-7-9-13/h5-9,14-15H,10-12H2,1-4H3/t14-,15+/m1/s1. The number of rotatable bonds is 5. The van der Waals surface area contributed by atoms with Crippen LogP contribution in [-0.2, 0) is 20.7 Å². The van der Waals surface area contributed by atoms with Gasteiger partial charge in [0.05, 0.1) is 17.8 Å². The highest BCUT2D eigenvalue weighted by Crippen LogP contribution is 2.53. The Hall–Kier alpha value is -0.835. The summed E-state index contributed by atoms with van der Waals surface area (Å²) >= 11 is 0. The third-order valence-electron chi connectivity index (χ3n) is 5.04. The maximum absolute atomic E-state index is 6.11. The predicted molar refractivity (Wildman–Crippen MR) is 84.0 cm³/mol. The van der Waals surface area contributed by atoms with Gasteiger partial charge in [-0.1, -0.05) is 30.3 Å². The van der Waals surface area contributed by atoms with Crippen molar-refractivity contribution in [3.05, 3.63) is 35.9 Å². The molecule has 0 bridgehead atoms. The van der Waals surface area contributed by atoms with Gasteiger partial charge in [-0.05, 0) is 51.4 Å². The molecule has 0 amide bonds. The van der Waals surface area contributed by atoms with E-state index in [1.807, 2.05) is 18.2 Å². The maximum atomic E-state index is 6.11. The Labute approximate surface area is 128 Å². The maximum Gasteiger partial charge on any atom is 0.461 e. The molecule has 1 aromatic rings. The lowest BCUT2D eigenvalue weighted by Gasteiger charge is -2.32. The first-order valence-corrected chi connectivity index (χ1v) is 7.86. The molecule has 21 heavy (non-hydrogen) atoms. The summed E-state index contributed by atoms with van der Waals surface area (Å²) in [5.41, 5.74) is 0.774. The number of benzene rings is 1. The second-order valence-corrected chi connectivity index (χ2v) is 7.29. The summed E-state index contributed by atoms with van der Waals surface area (Å²) in [5, 5.41) is 0. The van der Waals surface area contributed by atoms with E-state index in [-0.39, 0.29) is 18.3 Å². The first kappa shape index (κ1) is 15.1. The van der Waals surface area contributed by atoms with Gasteiger partial charge in [0.2, 0.25) is 0 Å². The largest absolute Gasteiger partial charge is 0.461 e. The van der Waals surface area contributed by atoms with Crippen molar-refractivity contribution in [2.45, 2.75) is 57.7 Å². The van der Waals surface area contributed by atoms with E-state index in [1.165, 1.54) is 5.56 Å². The molecule has 1 aliphatic heterocycles. The molecule has 4 heteroatoms. The summed E-state index contributed by atoms with van der Waals surface area (Å²) in [4.78, 5) is 0.